The Balaban J connectivity index is 1.79. The molecule has 2 aromatic rings. The molecule has 1 aliphatic heterocycles. The van der Waals surface area contributed by atoms with Gasteiger partial charge in [-0.3, -0.25) is 9.80 Å². The van der Waals surface area contributed by atoms with Crippen LogP contribution in [-0.2, 0) is 4.79 Å². The Morgan fingerprint density at radius 3 is 2.75 bits per heavy atom. The van der Waals surface area contributed by atoms with E-state index in [-0.39, 0.29) is 5.91 Å². The zero-order valence-corrected chi connectivity index (χ0v) is 16.8. The molecule has 0 saturated heterocycles. The monoisotopic (exact) mass is 419 g/mol. The Kier molecular flexibility index (Phi) is 6.24. The molecule has 28 heavy (non-hydrogen) atoms. The molecule has 0 saturated carbocycles. The van der Waals surface area contributed by atoms with Crippen LogP contribution in [0.4, 0.5) is 5.69 Å². The van der Waals surface area contributed by atoms with Crippen molar-refractivity contribution in [3.8, 4) is 5.75 Å². The van der Waals surface area contributed by atoms with Gasteiger partial charge < -0.3 is 15.2 Å². The van der Waals surface area contributed by atoms with Crippen molar-refractivity contribution in [3.05, 3.63) is 70.2 Å². The highest BCUT2D eigenvalue weighted by Gasteiger charge is 2.27. The van der Waals surface area contributed by atoms with Crippen LogP contribution in [0, 0.1) is 0 Å². The fraction of sp³-hybridized carbons (Fsp3) is 0.200. The summed E-state index contributed by atoms with van der Waals surface area (Å²) in [6, 6.07) is 11.5. The van der Waals surface area contributed by atoms with Crippen LogP contribution in [0.5, 0.6) is 5.75 Å². The van der Waals surface area contributed by atoms with Gasteiger partial charge in [-0.15, -0.1) is 0 Å². The van der Waals surface area contributed by atoms with Crippen molar-refractivity contribution < 1.29 is 14.6 Å². The zero-order chi connectivity index (χ0) is 20.3. The Labute approximate surface area is 173 Å². The van der Waals surface area contributed by atoms with Crippen molar-refractivity contribution >= 4 is 40.5 Å². The Morgan fingerprint density at radius 2 is 2.04 bits per heavy atom. The Hall–Kier alpha value is -2.54. The first-order valence-corrected chi connectivity index (χ1v) is 9.28. The van der Waals surface area contributed by atoms with E-state index < -0.39 is 12.3 Å². The molecule has 1 heterocycles. The van der Waals surface area contributed by atoms with Gasteiger partial charge in [-0.25, -0.2) is 0 Å². The molecule has 3 rings (SSSR count). The van der Waals surface area contributed by atoms with E-state index in [0.29, 0.717) is 27.2 Å². The van der Waals surface area contributed by atoms with Gasteiger partial charge in [0.1, 0.15) is 11.8 Å². The second-order valence-electron chi connectivity index (χ2n) is 6.16. The van der Waals surface area contributed by atoms with Crippen molar-refractivity contribution in [1.82, 2.24) is 5.01 Å². The van der Waals surface area contributed by atoms with Crippen LogP contribution in [-0.4, -0.2) is 41.1 Å². The van der Waals surface area contributed by atoms with Gasteiger partial charge >= 0.3 is 0 Å². The van der Waals surface area contributed by atoms with Crippen LogP contribution in [0.3, 0.4) is 0 Å². The predicted octanol–water partition coefficient (Wildman–Crippen LogP) is 3.92. The van der Waals surface area contributed by atoms with Crippen molar-refractivity contribution in [3.63, 3.8) is 0 Å². The van der Waals surface area contributed by atoms with Crippen molar-refractivity contribution in [1.29, 1.82) is 0 Å². The van der Waals surface area contributed by atoms with E-state index in [1.807, 2.05) is 24.3 Å². The average Bonchev–Trinajstić information content (AvgIpc) is 2.70. The number of carbonyl (C=O) groups excluding carboxylic acids is 1. The smallest absolute Gasteiger partial charge is 0.248 e. The number of anilines is 1. The SMILES string of the molecule is COc1cccc(C2=NN(C(C)C(=O)Nc3ccc(Cl)c(Cl)c3)C(O)C=C2)c1. The molecule has 8 heteroatoms. The topological polar surface area (TPSA) is 74.2 Å². The van der Waals surface area contributed by atoms with E-state index in [1.165, 1.54) is 5.01 Å². The maximum Gasteiger partial charge on any atom is 0.248 e. The third kappa shape index (κ3) is 4.47. The Bertz CT molecular complexity index is 946. The zero-order valence-electron chi connectivity index (χ0n) is 15.3. The highest BCUT2D eigenvalue weighted by atomic mass is 35.5. The number of carbonyl (C=O) groups is 1. The lowest BCUT2D eigenvalue weighted by Gasteiger charge is -2.31. The van der Waals surface area contributed by atoms with Crippen molar-refractivity contribution in [2.75, 3.05) is 12.4 Å². The number of hydrogen-bond acceptors (Lipinski definition) is 5. The van der Waals surface area contributed by atoms with Crippen LogP contribution in [0.25, 0.3) is 0 Å². The van der Waals surface area contributed by atoms with Gasteiger partial charge in [0.25, 0.3) is 0 Å². The maximum absolute atomic E-state index is 12.6. The summed E-state index contributed by atoms with van der Waals surface area (Å²) in [4.78, 5) is 12.6. The number of aliphatic hydroxyl groups excluding tert-OH is 1. The minimum Gasteiger partial charge on any atom is -0.497 e. The second-order valence-corrected chi connectivity index (χ2v) is 6.98. The van der Waals surface area contributed by atoms with E-state index in [9.17, 15) is 9.90 Å². The van der Waals surface area contributed by atoms with Gasteiger partial charge in [0.15, 0.2) is 6.23 Å². The summed E-state index contributed by atoms with van der Waals surface area (Å²) in [5.41, 5.74) is 1.92. The Morgan fingerprint density at radius 1 is 1.25 bits per heavy atom. The van der Waals surface area contributed by atoms with Gasteiger partial charge in [-0.05, 0) is 49.4 Å². The highest BCUT2D eigenvalue weighted by Crippen LogP contribution is 2.25. The summed E-state index contributed by atoms with van der Waals surface area (Å²) >= 11 is 11.9. The molecule has 6 nitrogen and oxygen atoms in total. The van der Waals surface area contributed by atoms with E-state index >= 15 is 0 Å². The number of hydrogen-bond donors (Lipinski definition) is 2. The minimum absolute atomic E-state index is 0.339. The van der Waals surface area contributed by atoms with Gasteiger partial charge in [-0.1, -0.05) is 35.3 Å². The number of ether oxygens (including phenoxy) is 1. The third-order valence-corrected chi connectivity index (χ3v) is 4.99. The molecule has 2 aromatic carbocycles. The number of amides is 1. The molecule has 2 atom stereocenters. The molecule has 146 valence electrons. The second kappa shape index (κ2) is 8.65. The number of rotatable bonds is 5. The van der Waals surface area contributed by atoms with Crippen LogP contribution in [0.2, 0.25) is 10.0 Å². The molecular formula is C20H19Cl2N3O3. The lowest BCUT2D eigenvalue weighted by atomic mass is 10.1. The van der Waals surface area contributed by atoms with E-state index in [1.54, 1.807) is 44.4 Å². The molecule has 0 fully saturated rings. The highest BCUT2D eigenvalue weighted by molar-refractivity contribution is 6.42. The van der Waals surface area contributed by atoms with Crippen LogP contribution >= 0.6 is 23.2 Å². The van der Waals surface area contributed by atoms with Crippen LogP contribution < -0.4 is 10.1 Å². The number of nitrogens with one attached hydrogen (secondary N) is 1. The average molecular weight is 420 g/mol. The number of benzene rings is 2. The molecule has 0 radical (unpaired) electrons. The number of methoxy groups -OCH3 is 1. The number of halogens is 2. The summed E-state index contributed by atoms with van der Waals surface area (Å²) < 4.78 is 5.24. The standard InChI is InChI=1S/C20H19Cl2N3O3/c1-12(20(27)23-14-6-7-16(21)17(22)11-14)25-19(26)9-8-18(24-25)13-4-3-5-15(10-13)28-2/h3-12,19,26H,1-2H3,(H,23,27). The largest absolute Gasteiger partial charge is 0.497 e. The molecule has 2 N–H and O–H groups in total. The number of aliphatic hydroxyl groups is 1. The van der Waals surface area contributed by atoms with Gasteiger partial charge in [0.05, 0.1) is 22.9 Å². The normalized spacial score (nSPS) is 17.1. The quantitative estimate of drug-likeness (QED) is 0.769. The first-order chi connectivity index (χ1) is 13.4. The van der Waals surface area contributed by atoms with Crippen molar-refractivity contribution in [2.24, 2.45) is 5.10 Å². The first kappa shape index (κ1) is 20.2. The van der Waals surface area contributed by atoms with Gasteiger partial charge in [0, 0.05) is 11.3 Å². The minimum atomic E-state index is -1.02. The lowest BCUT2D eigenvalue weighted by Crippen LogP contribution is -2.45. The third-order valence-electron chi connectivity index (χ3n) is 4.25. The summed E-state index contributed by atoms with van der Waals surface area (Å²) in [5, 5.41) is 19.6. The molecule has 1 aliphatic rings. The van der Waals surface area contributed by atoms with Gasteiger partial charge in [-0.2, -0.15) is 5.10 Å². The number of allylic oxidation sites excluding steroid dienone is 1. The number of hydrazone groups is 1. The fourth-order valence-electron chi connectivity index (χ4n) is 2.68. The predicted molar refractivity (Wildman–Crippen MR) is 111 cm³/mol. The molecule has 0 spiro atoms. The maximum atomic E-state index is 12.6. The summed E-state index contributed by atoms with van der Waals surface area (Å²) in [7, 11) is 1.59. The van der Waals surface area contributed by atoms with Crippen LogP contribution in [0.1, 0.15) is 12.5 Å². The fourth-order valence-corrected chi connectivity index (χ4v) is 2.97. The van der Waals surface area contributed by atoms with E-state index in [2.05, 4.69) is 10.4 Å². The number of nitrogens with zero attached hydrogens (tertiary/aromatic N) is 2. The molecule has 1 amide bonds. The van der Waals surface area contributed by atoms with E-state index in [0.717, 1.165) is 5.56 Å². The summed E-state index contributed by atoms with van der Waals surface area (Å²) in [6.45, 7) is 1.65. The lowest BCUT2D eigenvalue weighted by molar-refractivity contribution is -0.124. The molecular weight excluding hydrogens is 401 g/mol. The van der Waals surface area contributed by atoms with Crippen molar-refractivity contribution in [2.45, 2.75) is 19.2 Å². The summed E-state index contributed by atoms with van der Waals surface area (Å²) in [5.74, 6) is 0.346. The molecule has 0 aliphatic carbocycles. The summed E-state index contributed by atoms with van der Waals surface area (Å²) in [6.07, 6.45) is 2.26. The molecule has 0 bridgehead atoms. The van der Waals surface area contributed by atoms with Crippen LogP contribution in [0.15, 0.2) is 59.7 Å². The molecule has 2 unspecified atom stereocenters. The van der Waals surface area contributed by atoms with E-state index in [4.69, 9.17) is 27.9 Å². The van der Waals surface area contributed by atoms with Gasteiger partial charge in [0.2, 0.25) is 5.91 Å². The first-order valence-electron chi connectivity index (χ1n) is 8.52. The molecule has 0 aromatic heterocycles.